The number of likely N-dealkylation sites (N-methyl/N-ethyl adjacent to an activating group) is 1. The normalized spacial score (nSPS) is 10.4. The van der Waals surface area contributed by atoms with E-state index < -0.39 is 5.97 Å². The van der Waals surface area contributed by atoms with Crippen LogP contribution in [0, 0.1) is 5.92 Å². The van der Waals surface area contributed by atoms with Crippen molar-refractivity contribution >= 4 is 17.6 Å². The van der Waals surface area contributed by atoms with Crippen molar-refractivity contribution < 1.29 is 9.90 Å². The Morgan fingerprint density at radius 3 is 2.82 bits per heavy atom. The first kappa shape index (κ1) is 13.2. The Bertz CT molecular complexity index is 381. The minimum atomic E-state index is -0.886. The van der Waals surface area contributed by atoms with E-state index in [0.29, 0.717) is 17.6 Å². The van der Waals surface area contributed by atoms with Crippen LogP contribution in [0.25, 0.3) is 0 Å². The average molecular weight is 238 g/mol. The number of aliphatic carboxylic acids is 1. The molecule has 0 aliphatic heterocycles. The molecule has 6 nitrogen and oxygen atoms in total. The molecule has 0 fully saturated rings. The molecule has 0 unspecified atom stereocenters. The van der Waals surface area contributed by atoms with Gasteiger partial charge in [-0.2, -0.15) is 0 Å². The van der Waals surface area contributed by atoms with E-state index in [0.717, 1.165) is 6.54 Å². The summed E-state index contributed by atoms with van der Waals surface area (Å²) in [6, 6.07) is 1.74. The fraction of sp³-hybridized carbons (Fsp3) is 0.545. The molecule has 1 heterocycles. The average Bonchev–Trinajstić information content (AvgIpc) is 2.26. The van der Waals surface area contributed by atoms with Crippen LogP contribution in [0.15, 0.2) is 12.4 Å². The highest BCUT2D eigenvalue weighted by molar-refractivity contribution is 5.73. The van der Waals surface area contributed by atoms with Crippen LogP contribution >= 0.6 is 0 Å². The van der Waals surface area contributed by atoms with E-state index in [2.05, 4.69) is 29.1 Å². The maximum atomic E-state index is 10.6. The molecule has 6 heteroatoms. The number of hydrogen-bond donors (Lipinski definition) is 2. The summed E-state index contributed by atoms with van der Waals surface area (Å²) in [5, 5.41) is 11.9. The lowest BCUT2D eigenvalue weighted by molar-refractivity contribution is -0.135. The zero-order valence-corrected chi connectivity index (χ0v) is 10.3. The lowest BCUT2D eigenvalue weighted by Gasteiger charge is -2.16. The third kappa shape index (κ3) is 4.67. The van der Waals surface area contributed by atoms with Crippen molar-refractivity contribution in [1.82, 2.24) is 9.97 Å². The summed E-state index contributed by atoms with van der Waals surface area (Å²) in [5.41, 5.74) is 0. The molecule has 0 radical (unpaired) electrons. The highest BCUT2D eigenvalue weighted by Gasteiger charge is 2.08. The maximum absolute atomic E-state index is 10.6. The topological polar surface area (TPSA) is 78.4 Å². The van der Waals surface area contributed by atoms with Gasteiger partial charge < -0.3 is 15.3 Å². The predicted octanol–water partition coefficient (Wildman–Crippen LogP) is 1.07. The van der Waals surface area contributed by atoms with Gasteiger partial charge in [0.25, 0.3) is 0 Å². The van der Waals surface area contributed by atoms with Crippen LogP contribution in [0.1, 0.15) is 13.8 Å². The van der Waals surface area contributed by atoms with Gasteiger partial charge in [-0.05, 0) is 5.92 Å². The van der Waals surface area contributed by atoms with Crippen LogP contribution < -0.4 is 10.2 Å². The minimum Gasteiger partial charge on any atom is -0.480 e. The van der Waals surface area contributed by atoms with Crippen molar-refractivity contribution in [2.24, 2.45) is 5.92 Å². The first-order chi connectivity index (χ1) is 7.99. The van der Waals surface area contributed by atoms with Crippen LogP contribution in [0.5, 0.6) is 0 Å². The molecule has 0 bridgehead atoms. The van der Waals surface area contributed by atoms with E-state index in [4.69, 9.17) is 5.11 Å². The van der Waals surface area contributed by atoms with E-state index in [-0.39, 0.29) is 6.54 Å². The van der Waals surface area contributed by atoms with Crippen LogP contribution in [-0.2, 0) is 4.79 Å². The van der Waals surface area contributed by atoms with Crippen molar-refractivity contribution in [3.05, 3.63) is 12.4 Å². The third-order valence-electron chi connectivity index (χ3n) is 2.11. The number of carboxylic acid groups (broad SMARTS) is 1. The fourth-order valence-corrected chi connectivity index (χ4v) is 1.25. The molecular weight excluding hydrogens is 220 g/mol. The SMILES string of the molecule is CC(C)CNc1cc(N(C)CC(=O)O)ncn1. The summed E-state index contributed by atoms with van der Waals surface area (Å²) >= 11 is 0. The number of nitrogens with zero attached hydrogens (tertiary/aromatic N) is 3. The molecule has 0 spiro atoms. The minimum absolute atomic E-state index is 0.0827. The van der Waals surface area contributed by atoms with Crippen molar-refractivity contribution in [1.29, 1.82) is 0 Å². The molecule has 0 aromatic carbocycles. The molecule has 0 atom stereocenters. The lowest BCUT2D eigenvalue weighted by atomic mass is 10.2. The summed E-state index contributed by atoms with van der Waals surface area (Å²) in [5.74, 6) is 0.933. The van der Waals surface area contributed by atoms with E-state index in [9.17, 15) is 4.79 Å². The highest BCUT2D eigenvalue weighted by atomic mass is 16.4. The molecule has 0 aliphatic carbocycles. The van der Waals surface area contributed by atoms with Crippen molar-refractivity contribution in [2.75, 3.05) is 30.4 Å². The summed E-state index contributed by atoms with van der Waals surface area (Å²) in [7, 11) is 1.68. The van der Waals surface area contributed by atoms with E-state index in [1.165, 1.54) is 6.33 Å². The second kappa shape index (κ2) is 6.03. The quantitative estimate of drug-likeness (QED) is 0.771. The molecule has 17 heavy (non-hydrogen) atoms. The molecule has 1 rings (SSSR count). The van der Waals surface area contributed by atoms with E-state index in [1.54, 1.807) is 18.0 Å². The molecule has 2 N–H and O–H groups in total. The number of anilines is 2. The molecule has 94 valence electrons. The van der Waals surface area contributed by atoms with Crippen LogP contribution in [0.4, 0.5) is 11.6 Å². The second-order valence-electron chi connectivity index (χ2n) is 4.29. The van der Waals surface area contributed by atoms with Crippen molar-refractivity contribution in [3.63, 3.8) is 0 Å². The first-order valence-corrected chi connectivity index (χ1v) is 5.48. The van der Waals surface area contributed by atoms with Crippen molar-refractivity contribution in [3.8, 4) is 0 Å². The summed E-state index contributed by atoms with van der Waals surface area (Å²) in [6.07, 6.45) is 1.43. The Hall–Kier alpha value is -1.85. The van der Waals surface area contributed by atoms with Gasteiger partial charge in [-0.25, -0.2) is 9.97 Å². The first-order valence-electron chi connectivity index (χ1n) is 5.48. The molecule has 1 aromatic rings. The molecule has 1 aromatic heterocycles. The number of carbonyl (C=O) groups is 1. The zero-order valence-electron chi connectivity index (χ0n) is 10.3. The second-order valence-corrected chi connectivity index (χ2v) is 4.29. The Morgan fingerprint density at radius 1 is 1.53 bits per heavy atom. The number of nitrogens with one attached hydrogen (secondary N) is 1. The molecule has 0 amide bonds. The van der Waals surface area contributed by atoms with Gasteiger partial charge in [-0.15, -0.1) is 0 Å². The van der Waals surface area contributed by atoms with Gasteiger partial charge in [-0.3, -0.25) is 4.79 Å². The van der Waals surface area contributed by atoms with Gasteiger partial charge in [0, 0.05) is 19.7 Å². The molecule has 0 aliphatic rings. The summed E-state index contributed by atoms with van der Waals surface area (Å²) in [4.78, 5) is 20.2. The van der Waals surface area contributed by atoms with Crippen LogP contribution in [0.2, 0.25) is 0 Å². The zero-order chi connectivity index (χ0) is 12.8. The summed E-state index contributed by atoms with van der Waals surface area (Å²) < 4.78 is 0. The summed E-state index contributed by atoms with van der Waals surface area (Å²) in [6.45, 7) is 4.94. The van der Waals surface area contributed by atoms with Gasteiger partial charge in [-0.1, -0.05) is 13.8 Å². The van der Waals surface area contributed by atoms with Crippen LogP contribution in [0.3, 0.4) is 0 Å². The van der Waals surface area contributed by atoms with Gasteiger partial charge >= 0.3 is 5.97 Å². The van der Waals surface area contributed by atoms with Gasteiger partial charge in [0.1, 0.15) is 24.5 Å². The van der Waals surface area contributed by atoms with E-state index >= 15 is 0 Å². The maximum Gasteiger partial charge on any atom is 0.323 e. The Balaban J connectivity index is 2.67. The fourth-order valence-electron chi connectivity index (χ4n) is 1.25. The number of rotatable bonds is 6. The Kier molecular flexibility index (Phi) is 4.68. The van der Waals surface area contributed by atoms with Crippen molar-refractivity contribution in [2.45, 2.75) is 13.8 Å². The number of carboxylic acids is 1. The highest BCUT2D eigenvalue weighted by Crippen LogP contribution is 2.12. The Labute approximate surface area is 101 Å². The standard InChI is InChI=1S/C11H18N4O2/c1-8(2)5-12-9-4-10(14-7-13-9)15(3)6-11(16)17/h4,7-8H,5-6H2,1-3H3,(H,16,17)(H,12,13,14). The third-order valence-corrected chi connectivity index (χ3v) is 2.11. The smallest absolute Gasteiger partial charge is 0.323 e. The Morgan fingerprint density at radius 2 is 2.24 bits per heavy atom. The molecule has 0 saturated heterocycles. The van der Waals surface area contributed by atoms with Gasteiger partial charge in [0.15, 0.2) is 0 Å². The molecular formula is C11H18N4O2. The number of aromatic nitrogens is 2. The lowest BCUT2D eigenvalue weighted by Crippen LogP contribution is -2.26. The van der Waals surface area contributed by atoms with E-state index in [1.807, 2.05) is 0 Å². The van der Waals surface area contributed by atoms with Crippen LogP contribution in [-0.4, -0.2) is 41.2 Å². The molecule has 0 saturated carbocycles. The predicted molar refractivity (Wildman–Crippen MR) is 66.3 cm³/mol. The number of hydrogen-bond acceptors (Lipinski definition) is 5. The van der Waals surface area contributed by atoms with Gasteiger partial charge in [0.2, 0.25) is 0 Å². The van der Waals surface area contributed by atoms with Gasteiger partial charge in [0.05, 0.1) is 0 Å². The largest absolute Gasteiger partial charge is 0.480 e. The monoisotopic (exact) mass is 238 g/mol.